The SMILES string of the molecule is CC(=O)C(C)S(=O)(=O)CC1CCCO1. The van der Waals surface area contributed by atoms with E-state index in [1.165, 1.54) is 13.8 Å². The highest BCUT2D eigenvalue weighted by Gasteiger charge is 2.30. The van der Waals surface area contributed by atoms with E-state index in [1.807, 2.05) is 0 Å². The number of hydrogen-bond donors (Lipinski definition) is 0. The second-order valence-electron chi connectivity index (χ2n) is 3.72. The van der Waals surface area contributed by atoms with Crippen LogP contribution >= 0.6 is 0 Å². The lowest BCUT2D eigenvalue weighted by Crippen LogP contribution is -2.32. The third-order valence-electron chi connectivity index (χ3n) is 2.55. The van der Waals surface area contributed by atoms with Crippen LogP contribution in [0.1, 0.15) is 26.7 Å². The van der Waals surface area contributed by atoms with Gasteiger partial charge in [0.15, 0.2) is 9.84 Å². The highest BCUT2D eigenvalue weighted by atomic mass is 32.2. The average molecular weight is 220 g/mol. The molecule has 0 aromatic heterocycles. The van der Waals surface area contributed by atoms with Crippen LogP contribution in [0.15, 0.2) is 0 Å². The molecular formula is C9H16O4S. The molecule has 1 fully saturated rings. The fourth-order valence-corrected chi connectivity index (χ4v) is 3.01. The normalized spacial score (nSPS) is 24.9. The Labute approximate surface area is 84.6 Å². The lowest BCUT2D eigenvalue weighted by atomic mass is 10.3. The summed E-state index contributed by atoms with van der Waals surface area (Å²) in [6.45, 7) is 3.37. The second kappa shape index (κ2) is 4.40. The Balaban J connectivity index is 2.61. The van der Waals surface area contributed by atoms with Crippen molar-refractivity contribution >= 4 is 15.6 Å². The van der Waals surface area contributed by atoms with E-state index in [4.69, 9.17) is 4.74 Å². The van der Waals surface area contributed by atoms with Crippen molar-refractivity contribution < 1.29 is 17.9 Å². The Morgan fingerprint density at radius 1 is 1.57 bits per heavy atom. The minimum atomic E-state index is -3.32. The topological polar surface area (TPSA) is 60.4 Å². The minimum absolute atomic E-state index is 0.0201. The Morgan fingerprint density at radius 3 is 2.64 bits per heavy atom. The highest BCUT2D eigenvalue weighted by Crippen LogP contribution is 2.16. The number of carbonyl (C=O) groups is 1. The van der Waals surface area contributed by atoms with E-state index in [9.17, 15) is 13.2 Å². The molecule has 1 rings (SSSR count). The van der Waals surface area contributed by atoms with Crippen LogP contribution in [-0.4, -0.2) is 37.9 Å². The summed E-state index contributed by atoms with van der Waals surface area (Å²) in [5.41, 5.74) is 0. The van der Waals surface area contributed by atoms with Gasteiger partial charge in [0.25, 0.3) is 0 Å². The highest BCUT2D eigenvalue weighted by molar-refractivity contribution is 7.92. The Morgan fingerprint density at radius 2 is 2.21 bits per heavy atom. The van der Waals surface area contributed by atoms with Crippen molar-refractivity contribution in [2.75, 3.05) is 12.4 Å². The van der Waals surface area contributed by atoms with Crippen LogP contribution in [0.4, 0.5) is 0 Å². The molecular weight excluding hydrogens is 204 g/mol. The molecule has 0 aliphatic carbocycles. The third kappa shape index (κ3) is 2.78. The molecule has 4 nitrogen and oxygen atoms in total. The maximum Gasteiger partial charge on any atom is 0.162 e. The number of hydrogen-bond acceptors (Lipinski definition) is 4. The molecule has 0 radical (unpaired) electrons. The van der Waals surface area contributed by atoms with Crippen LogP contribution in [0.3, 0.4) is 0 Å². The van der Waals surface area contributed by atoms with Gasteiger partial charge in [0.05, 0.1) is 11.9 Å². The van der Waals surface area contributed by atoms with Crippen LogP contribution in [0.25, 0.3) is 0 Å². The predicted molar refractivity (Wildman–Crippen MR) is 52.9 cm³/mol. The summed E-state index contributed by atoms with van der Waals surface area (Å²) in [6, 6.07) is 0. The molecule has 82 valence electrons. The lowest BCUT2D eigenvalue weighted by Gasteiger charge is -2.13. The Kier molecular flexibility index (Phi) is 3.66. The zero-order valence-electron chi connectivity index (χ0n) is 8.52. The van der Waals surface area contributed by atoms with E-state index in [2.05, 4.69) is 0 Å². The summed E-state index contributed by atoms with van der Waals surface area (Å²) in [4.78, 5) is 10.9. The molecule has 1 aliphatic rings. The van der Waals surface area contributed by atoms with Gasteiger partial charge in [-0.2, -0.15) is 0 Å². The van der Waals surface area contributed by atoms with Crippen molar-refractivity contribution in [2.24, 2.45) is 0 Å². The van der Waals surface area contributed by atoms with Crippen LogP contribution in [-0.2, 0) is 19.4 Å². The Bertz CT molecular complexity index is 301. The first-order valence-corrected chi connectivity index (χ1v) is 6.48. The summed E-state index contributed by atoms with van der Waals surface area (Å²) in [5.74, 6) is -0.323. The molecule has 0 spiro atoms. The molecule has 1 saturated heterocycles. The molecule has 14 heavy (non-hydrogen) atoms. The molecule has 1 heterocycles. The van der Waals surface area contributed by atoms with Gasteiger partial charge in [-0.25, -0.2) is 8.42 Å². The minimum Gasteiger partial charge on any atom is -0.377 e. The van der Waals surface area contributed by atoms with Gasteiger partial charge in [-0.1, -0.05) is 0 Å². The van der Waals surface area contributed by atoms with Gasteiger partial charge in [-0.05, 0) is 26.7 Å². The van der Waals surface area contributed by atoms with E-state index in [1.54, 1.807) is 0 Å². The number of carbonyl (C=O) groups excluding carboxylic acids is 1. The van der Waals surface area contributed by atoms with Crippen LogP contribution in [0, 0.1) is 0 Å². The molecule has 2 atom stereocenters. The van der Waals surface area contributed by atoms with Gasteiger partial charge in [0, 0.05) is 6.61 Å². The quantitative estimate of drug-likeness (QED) is 0.694. The van der Waals surface area contributed by atoms with Crippen LogP contribution < -0.4 is 0 Å². The first kappa shape index (κ1) is 11.7. The van der Waals surface area contributed by atoms with Gasteiger partial charge >= 0.3 is 0 Å². The molecule has 0 amide bonds. The standard InChI is InChI=1S/C9H16O4S/c1-7(10)8(2)14(11,12)6-9-4-3-5-13-9/h8-9H,3-6H2,1-2H3. The van der Waals surface area contributed by atoms with Crippen molar-refractivity contribution in [1.29, 1.82) is 0 Å². The van der Waals surface area contributed by atoms with Crippen molar-refractivity contribution in [3.8, 4) is 0 Å². The summed E-state index contributed by atoms with van der Waals surface area (Å²) in [6.07, 6.45) is 1.49. The summed E-state index contributed by atoms with van der Waals surface area (Å²) >= 11 is 0. The molecule has 1 aliphatic heterocycles. The van der Waals surface area contributed by atoms with E-state index in [0.29, 0.717) is 6.61 Å². The second-order valence-corrected chi connectivity index (χ2v) is 6.08. The number of ketones is 1. The number of Topliss-reactive ketones (excluding diaryl/α,β-unsaturated/α-hetero) is 1. The third-order valence-corrected chi connectivity index (χ3v) is 4.80. The van der Waals surface area contributed by atoms with E-state index in [0.717, 1.165) is 12.8 Å². The van der Waals surface area contributed by atoms with Crippen molar-refractivity contribution in [1.82, 2.24) is 0 Å². The zero-order chi connectivity index (χ0) is 10.8. The maximum atomic E-state index is 11.6. The van der Waals surface area contributed by atoms with Gasteiger partial charge in [-0.15, -0.1) is 0 Å². The van der Waals surface area contributed by atoms with Crippen molar-refractivity contribution in [2.45, 2.75) is 38.0 Å². The first-order chi connectivity index (χ1) is 6.43. The molecule has 0 aromatic carbocycles. The Hall–Kier alpha value is -0.420. The molecule has 2 unspecified atom stereocenters. The van der Waals surface area contributed by atoms with Gasteiger partial charge in [0.1, 0.15) is 11.0 Å². The molecule has 0 aromatic rings. The number of rotatable bonds is 4. The summed E-state index contributed by atoms with van der Waals surface area (Å²) in [5, 5.41) is -0.897. The summed E-state index contributed by atoms with van der Waals surface area (Å²) < 4.78 is 28.5. The smallest absolute Gasteiger partial charge is 0.162 e. The average Bonchev–Trinajstić information content (AvgIpc) is 2.54. The van der Waals surface area contributed by atoms with Gasteiger partial charge < -0.3 is 4.74 Å². The molecule has 0 bridgehead atoms. The maximum absolute atomic E-state index is 11.6. The monoisotopic (exact) mass is 220 g/mol. The van der Waals surface area contributed by atoms with Gasteiger partial charge in [-0.3, -0.25) is 4.79 Å². The van der Waals surface area contributed by atoms with Crippen molar-refractivity contribution in [3.05, 3.63) is 0 Å². The number of ether oxygens (including phenoxy) is 1. The number of sulfone groups is 1. The first-order valence-electron chi connectivity index (χ1n) is 4.77. The fourth-order valence-electron chi connectivity index (χ4n) is 1.43. The van der Waals surface area contributed by atoms with Crippen LogP contribution in [0.2, 0.25) is 0 Å². The predicted octanol–water partition coefficient (Wildman–Crippen LogP) is 0.558. The van der Waals surface area contributed by atoms with E-state index < -0.39 is 15.1 Å². The van der Waals surface area contributed by atoms with E-state index >= 15 is 0 Å². The van der Waals surface area contributed by atoms with Crippen molar-refractivity contribution in [3.63, 3.8) is 0 Å². The summed E-state index contributed by atoms with van der Waals surface area (Å²) in [7, 11) is -3.32. The molecule has 0 saturated carbocycles. The largest absolute Gasteiger partial charge is 0.377 e. The fraction of sp³-hybridized carbons (Fsp3) is 0.889. The van der Waals surface area contributed by atoms with Crippen LogP contribution in [0.5, 0.6) is 0 Å². The zero-order valence-corrected chi connectivity index (χ0v) is 9.34. The van der Waals surface area contributed by atoms with Gasteiger partial charge in [0.2, 0.25) is 0 Å². The lowest BCUT2D eigenvalue weighted by molar-refractivity contribution is -0.116. The molecule has 5 heteroatoms. The molecule has 0 N–H and O–H groups in total. The van der Waals surface area contributed by atoms with E-state index in [-0.39, 0.29) is 17.6 Å².